The summed E-state index contributed by atoms with van der Waals surface area (Å²) >= 11 is 0. The van der Waals surface area contributed by atoms with Gasteiger partial charge in [0.25, 0.3) is 0 Å². The quantitative estimate of drug-likeness (QED) is 0.835. The van der Waals surface area contributed by atoms with Gasteiger partial charge >= 0.3 is 0 Å². The molecule has 0 saturated carbocycles. The molecule has 0 atom stereocenters. The van der Waals surface area contributed by atoms with E-state index in [4.69, 9.17) is 0 Å². The normalized spacial score (nSPS) is 15.4. The first-order valence-electron chi connectivity index (χ1n) is 6.32. The largest absolute Gasteiger partial charge is 0.346 e. The van der Waals surface area contributed by atoms with Crippen LogP contribution in [0.4, 0.5) is 0 Å². The van der Waals surface area contributed by atoms with Crippen molar-refractivity contribution in [3.05, 3.63) is 48.8 Å². The van der Waals surface area contributed by atoms with Crippen LogP contribution < -0.4 is 0 Å². The van der Waals surface area contributed by atoms with Crippen LogP contribution in [0.2, 0.25) is 0 Å². The van der Waals surface area contributed by atoms with Crippen molar-refractivity contribution >= 4 is 22.5 Å². The van der Waals surface area contributed by atoms with Crippen molar-refractivity contribution in [1.82, 2.24) is 14.9 Å². The Labute approximate surface area is 111 Å². The number of hydrogen-bond acceptors (Lipinski definition) is 2. The molecular weight excluding hydrogens is 238 g/mol. The first kappa shape index (κ1) is 11.7. The van der Waals surface area contributed by atoms with Crippen LogP contribution in [-0.4, -0.2) is 33.9 Å². The van der Waals surface area contributed by atoms with Gasteiger partial charge in [0.2, 0.25) is 5.91 Å². The van der Waals surface area contributed by atoms with E-state index in [0.29, 0.717) is 6.54 Å². The predicted octanol–water partition coefficient (Wildman–Crippen LogP) is 2.36. The Bertz CT molecular complexity index is 669. The van der Waals surface area contributed by atoms with E-state index in [-0.39, 0.29) is 5.91 Å². The molecule has 0 aromatic carbocycles. The summed E-state index contributed by atoms with van der Waals surface area (Å²) in [7, 11) is 0. The van der Waals surface area contributed by atoms with E-state index < -0.39 is 0 Å². The molecule has 2 aromatic heterocycles. The summed E-state index contributed by atoms with van der Waals surface area (Å²) in [5.74, 6) is -0.00380. The number of rotatable bonds is 2. The van der Waals surface area contributed by atoms with E-state index in [9.17, 15) is 4.79 Å². The van der Waals surface area contributed by atoms with Gasteiger partial charge < -0.3 is 9.88 Å². The van der Waals surface area contributed by atoms with Gasteiger partial charge in [0, 0.05) is 36.4 Å². The number of amides is 1. The third-order valence-electron chi connectivity index (χ3n) is 3.49. The Hall–Kier alpha value is -2.36. The first-order chi connectivity index (χ1) is 9.29. The Morgan fingerprint density at radius 1 is 1.53 bits per heavy atom. The fourth-order valence-electron chi connectivity index (χ4n) is 2.46. The molecule has 1 aliphatic heterocycles. The summed E-state index contributed by atoms with van der Waals surface area (Å²) in [6.07, 6.45) is 8.12. The van der Waals surface area contributed by atoms with Gasteiger partial charge in [0.15, 0.2) is 0 Å². The van der Waals surface area contributed by atoms with E-state index in [1.807, 2.05) is 12.3 Å². The number of carbonyl (C=O) groups excluding carboxylic acids is 1. The smallest absolute Gasteiger partial charge is 0.246 e. The first-order valence-corrected chi connectivity index (χ1v) is 6.32. The summed E-state index contributed by atoms with van der Waals surface area (Å²) in [5, 5.41) is 1.14. The van der Waals surface area contributed by atoms with Gasteiger partial charge in [-0.15, -0.1) is 0 Å². The molecule has 4 heteroatoms. The highest BCUT2D eigenvalue weighted by atomic mass is 16.2. The number of aromatic amines is 1. The van der Waals surface area contributed by atoms with Crippen LogP contribution >= 0.6 is 0 Å². The maximum Gasteiger partial charge on any atom is 0.246 e. The second-order valence-corrected chi connectivity index (χ2v) is 4.57. The van der Waals surface area contributed by atoms with Crippen LogP contribution in [0.25, 0.3) is 16.6 Å². The number of nitrogens with zero attached hydrogens (tertiary/aromatic N) is 2. The van der Waals surface area contributed by atoms with Crippen molar-refractivity contribution in [1.29, 1.82) is 0 Å². The molecule has 0 unspecified atom stereocenters. The lowest BCUT2D eigenvalue weighted by molar-refractivity contribution is -0.125. The van der Waals surface area contributed by atoms with Gasteiger partial charge in [-0.05, 0) is 30.2 Å². The molecule has 19 heavy (non-hydrogen) atoms. The van der Waals surface area contributed by atoms with E-state index in [1.165, 1.54) is 17.2 Å². The summed E-state index contributed by atoms with van der Waals surface area (Å²) in [6.45, 7) is 4.91. The average molecular weight is 253 g/mol. The van der Waals surface area contributed by atoms with E-state index >= 15 is 0 Å². The third kappa shape index (κ3) is 2.05. The topological polar surface area (TPSA) is 49.0 Å². The molecule has 96 valence electrons. The minimum Gasteiger partial charge on any atom is -0.346 e. The molecule has 3 heterocycles. The van der Waals surface area contributed by atoms with E-state index in [1.54, 1.807) is 11.1 Å². The summed E-state index contributed by atoms with van der Waals surface area (Å²) in [6, 6.07) is 4.01. The number of nitrogens with one attached hydrogen (secondary N) is 1. The Morgan fingerprint density at radius 3 is 3.16 bits per heavy atom. The number of fused-ring (bicyclic) bond motifs is 1. The molecule has 1 aliphatic rings. The number of carbonyl (C=O) groups is 1. The van der Waals surface area contributed by atoms with Crippen LogP contribution in [0.3, 0.4) is 0 Å². The molecule has 0 fully saturated rings. The molecule has 4 nitrogen and oxygen atoms in total. The molecule has 2 aromatic rings. The minimum absolute atomic E-state index is 0.00380. The lowest BCUT2D eigenvalue weighted by Gasteiger charge is -2.25. The molecule has 3 rings (SSSR count). The van der Waals surface area contributed by atoms with Crippen LogP contribution in [0.1, 0.15) is 12.0 Å². The highest BCUT2D eigenvalue weighted by Gasteiger charge is 2.17. The zero-order valence-electron chi connectivity index (χ0n) is 10.6. The number of H-pyrrole nitrogens is 1. The second kappa shape index (κ2) is 4.72. The average Bonchev–Trinajstić information content (AvgIpc) is 2.90. The molecule has 0 saturated heterocycles. The zero-order valence-corrected chi connectivity index (χ0v) is 10.6. The molecule has 0 spiro atoms. The van der Waals surface area contributed by atoms with Gasteiger partial charge in [0.05, 0.1) is 0 Å². The van der Waals surface area contributed by atoms with Gasteiger partial charge in [-0.1, -0.05) is 12.7 Å². The summed E-state index contributed by atoms with van der Waals surface area (Å²) in [4.78, 5) is 20.8. The van der Waals surface area contributed by atoms with Gasteiger partial charge in [0.1, 0.15) is 5.65 Å². The van der Waals surface area contributed by atoms with Crippen molar-refractivity contribution < 1.29 is 4.79 Å². The zero-order chi connectivity index (χ0) is 13.2. The van der Waals surface area contributed by atoms with Crippen molar-refractivity contribution in [2.24, 2.45) is 0 Å². The lowest BCUT2D eigenvalue weighted by atomic mass is 9.99. The standard InChI is InChI=1S/C15H15N3O/c1-2-14(19)18-8-5-11(6-9-18)13-10-17-15-12(13)4-3-7-16-15/h2-5,7,10H,1,6,8-9H2,(H,16,17). The number of pyridine rings is 1. The maximum atomic E-state index is 11.5. The molecular formula is C15H15N3O. The maximum absolute atomic E-state index is 11.5. The van der Waals surface area contributed by atoms with Crippen molar-refractivity contribution in [2.75, 3.05) is 13.1 Å². The lowest BCUT2D eigenvalue weighted by Crippen LogP contribution is -2.33. The SMILES string of the molecule is C=CC(=O)N1CC=C(c2c[nH]c3ncccc23)CC1. The third-order valence-corrected chi connectivity index (χ3v) is 3.49. The Kier molecular flexibility index (Phi) is 2.91. The molecule has 0 aliphatic carbocycles. The second-order valence-electron chi connectivity index (χ2n) is 4.57. The van der Waals surface area contributed by atoms with Gasteiger partial charge in [-0.3, -0.25) is 4.79 Å². The molecule has 1 N–H and O–H groups in total. The van der Waals surface area contributed by atoms with Gasteiger partial charge in [-0.2, -0.15) is 0 Å². The van der Waals surface area contributed by atoms with Crippen LogP contribution in [0, 0.1) is 0 Å². The van der Waals surface area contributed by atoms with E-state index in [2.05, 4.69) is 28.7 Å². The fourth-order valence-corrected chi connectivity index (χ4v) is 2.46. The van der Waals surface area contributed by atoms with Crippen molar-refractivity contribution in [3.8, 4) is 0 Å². The highest BCUT2D eigenvalue weighted by molar-refractivity contribution is 5.92. The highest BCUT2D eigenvalue weighted by Crippen LogP contribution is 2.28. The Morgan fingerprint density at radius 2 is 2.42 bits per heavy atom. The molecule has 1 amide bonds. The van der Waals surface area contributed by atoms with Crippen molar-refractivity contribution in [3.63, 3.8) is 0 Å². The number of aromatic nitrogens is 2. The van der Waals surface area contributed by atoms with Crippen molar-refractivity contribution in [2.45, 2.75) is 6.42 Å². The van der Waals surface area contributed by atoms with Gasteiger partial charge in [-0.25, -0.2) is 4.98 Å². The summed E-state index contributed by atoms with van der Waals surface area (Å²) < 4.78 is 0. The van der Waals surface area contributed by atoms with E-state index in [0.717, 1.165) is 24.0 Å². The predicted molar refractivity (Wildman–Crippen MR) is 75.5 cm³/mol. The minimum atomic E-state index is -0.00380. The van der Waals surface area contributed by atoms with Crippen LogP contribution in [-0.2, 0) is 4.79 Å². The fraction of sp³-hybridized carbons (Fsp3) is 0.200. The summed E-state index contributed by atoms with van der Waals surface area (Å²) in [5.41, 5.74) is 3.36. The molecule has 0 radical (unpaired) electrons. The van der Waals surface area contributed by atoms with Crippen LogP contribution in [0.5, 0.6) is 0 Å². The monoisotopic (exact) mass is 253 g/mol. The molecule has 0 bridgehead atoms. The Balaban J connectivity index is 1.90. The van der Waals surface area contributed by atoms with Crippen LogP contribution in [0.15, 0.2) is 43.3 Å². The number of hydrogen-bond donors (Lipinski definition) is 1.